The molecule has 1 atom stereocenters. The van der Waals surface area contributed by atoms with E-state index in [1.54, 1.807) is 18.2 Å². The maximum Gasteiger partial charge on any atom is 0.220 e. The Morgan fingerprint density at radius 1 is 1.08 bits per heavy atom. The van der Waals surface area contributed by atoms with Gasteiger partial charge in [0.2, 0.25) is 5.91 Å². The van der Waals surface area contributed by atoms with Crippen molar-refractivity contribution in [3.8, 4) is 11.5 Å². The van der Waals surface area contributed by atoms with Crippen LogP contribution in [0.15, 0.2) is 42.5 Å². The van der Waals surface area contributed by atoms with Crippen molar-refractivity contribution in [2.75, 3.05) is 13.2 Å². The summed E-state index contributed by atoms with van der Waals surface area (Å²) in [5.74, 6) is 1.35. The Hall–Kier alpha value is -1.91. The number of hydrogen-bond donors (Lipinski definition) is 1. The fraction of sp³-hybridized carbons (Fsp3) is 0.278. The zero-order valence-corrected chi connectivity index (χ0v) is 14.4. The summed E-state index contributed by atoms with van der Waals surface area (Å²) in [6.07, 6.45) is 0.607. The molecule has 1 aliphatic heterocycles. The maximum absolute atomic E-state index is 12.0. The molecule has 1 heterocycles. The highest BCUT2D eigenvalue weighted by molar-refractivity contribution is 6.36. The largest absolute Gasteiger partial charge is 0.486 e. The smallest absolute Gasteiger partial charge is 0.220 e. The average molecular weight is 366 g/mol. The number of carbonyl (C=O) groups excluding carboxylic acids is 1. The number of ether oxygens (including phenoxy) is 2. The van der Waals surface area contributed by atoms with Crippen molar-refractivity contribution >= 4 is 29.1 Å². The van der Waals surface area contributed by atoms with Crippen LogP contribution in [-0.2, 0) is 11.2 Å². The summed E-state index contributed by atoms with van der Waals surface area (Å²) < 4.78 is 11.4. The summed E-state index contributed by atoms with van der Waals surface area (Å²) in [6.45, 7) is 0.803. The van der Waals surface area contributed by atoms with Crippen LogP contribution in [0, 0.1) is 0 Å². The van der Waals surface area contributed by atoms with Gasteiger partial charge < -0.3 is 14.8 Å². The molecule has 0 aliphatic carbocycles. The fourth-order valence-corrected chi connectivity index (χ4v) is 3.08. The Balaban J connectivity index is 1.47. The van der Waals surface area contributed by atoms with E-state index in [2.05, 4.69) is 5.32 Å². The van der Waals surface area contributed by atoms with Crippen molar-refractivity contribution < 1.29 is 14.3 Å². The monoisotopic (exact) mass is 365 g/mol. The third-order valence-corrected chi connectivity index (χ3v) is 4.47. The highest BCUT2D eigenvalue weighted by Crippen LogP contribution is 2.30. The van der Waals surface area contributed by atoms with E-state index in [1.807, 2.05) is 24.3 Å². The number of halogens is 2. The van der Waals surface area contributed by atoms with E-state index in [0.717, 1.165) is 11.3 Å². The fourth-order valence-electron chi connectivity index (χ4n) is 2.49. The minimum atomic E-state index is -0.201. The second-order valence-corrected chi connectivity index (χ2v) is 6.32. The van der Waals surface area contributed by atoms with Crippen LogP contribution < -0.4 is 14.8 Å². The first-order valence-corrected chi connectivity index (χ1v) is 8.47. The van der Waals surface area contributed by atoms with Crippen molar-refractivity contribution in [1.82, 2.24) is 5.32 Å². The Morgan fingerprint density at radius 2 is 1.79 bits per heavy atom. The normalized spacial score (nSPS) is 15.8. The van der Waals surface area contributed by atoms with Gasteiger partial charge >= 0.3 is 0 Å². The Bertz CT molecular complexity index is 716. The van der Waals surface area contributed by atoms with Gasteiger partial charge in [-0.05, 0) is 36.2 Å². The summed E-state index contributed by atoms with van der Waals surface area (Å²) >= 11 is 12.2. The lowest BCUT2D eigenvalue weighted by atomic mass is 10.1. The number of rotatable bonds is 5. The zero-order valence-electron chi connectivity index (χ0n) is 12.9. The van der Waals surface area contributed by atoms with Gasteiger partial charge in [0, 0.05) is 16.5 Å². The van der Waals surface area contributed by atoms with Gasteiger partial charge in [-0.2, -0.15) is 0 Å². The molecule has 4 nitrogen and oxygen atoms in total. The second kappa shape index (κ2) is 7.77. The number of benzene rings is 2. The summed E-state index contributed by atoms with van der Waals surface area (Å²) in [7, 11) is 0. The Kier molecular flexibility index (Phi) is 5.48. The first kappa shape index (κ1) is 16.9. The third kappa shape index (κ3) is 4.13. The highest BCUT2D eigenvalue weighted by Gasteiger charge is 2.21. The van der Waals surface area contributed by atoms with Crippen LogP contribution in [0.25, 0.3) is 0 Å². The molecule has 1 aliphatic rings. The van der Waals surface area contributed by atoms with E-state index in [4.69, 9.17) is 32.7 Å². The van der Waals surface area contributed by atoms with Crippen LogP contribution in [0.2, 0.25) is 10.0 Å². The molecule has 126 valence electrons. The molecule has 0 aromatic heterocycles. The van der Waals surface area contributed by atoms with Crippen molar-refractivity contribution in [1.29, 1.82) is 0 Å². The van der Waals surface area contributed by atoms with Crippen molar-refractivity contribution in [2.24, 2.45) is 0 Å². The Labute approximate surface area is 150 Å². The lowest BCUT2D eigenvalue weighted by Gasteiger charge is -2.26. The standard InChI is InChI=1S/C18H17Cl2NO3/c19-14-4-3-5-15(20)13(14)8-9-18(22)21-10-12-11-23-16-6-1-2-7-17(16)24-12/h1-7,12H,8-11H2,(H,21,22). The predicted octanol–water partition coefficient (Wildman–Crippen LogP) is 3.88. The molecule has 1 unspecified atom stereocenters. The van der Waals surface area contributed by atoms with Gasteiger partial charge in [0.25, 0.3) is 0 Å². The molecule has 0 saturated carbocycles. The minimum Gasteiger partial charge on any atom is -0.486 e. The molecule has 0 fully saturated rings. The molecule has 0 spiro atoms. The number of para-hydroxylation sites is 2. The molecular weight excluding hydrogens is 349 g/mol. The molecule has 1 N–H and O–H groups in total. The molecule has 0 bridgehead atoms. The van der Waals surface area contributed by atoms with E-state index >= 15 is 0 Å². The summed E-state index contributed by atoms with van der Waals surface area (Å²) in [6, 6.07) is 12.8. The molecular formula is C18H17Cl2NO3. The van der Waals surface area contributed by atoms with E-state index in [1.165, 1.54) is 0 Å². The van der Waals surface area contributed by atoms with Crippen LogP contribution in [0.3, 0.4) is 0 Å². The molecule has 3 rings (SSSR count). The van der Waals surface area contributed by atoms with Crippen LogP contribution in [0.4, 0.5) is 0 Å². The third-order valence-electron chi connectivity index (χ3n) is 3.76. The van der Waals surface area contributed by atoms with E-state index in [0.29, 0.717) is 41.8 Å². The zero-order chi connectivity index (χ0) is 16.9. The minimum absolute atomic E-state index is 0.0755. The predicted molar refractivity (Wildman–Crippen MR) is 94.1 cm³/mol. The van der Waals surface area contributed by atoms with Gasteiger partial charge in [-0.3, -0.25) is 4.79 Å². The number of hydrogen-bond acceptors (Lipinski definition) is 3. The van der Waals surface area contributed by atoms with E-state index < -0.39 is 0 Å². The van der Waals surface area contributed by atoms with Gasteiger partial charge in [0.05, 0.1) is 6.54 Å². The van der Waals surface area contributed by atoms with Crippen LogP contribution in [-0.4, -0.2) is 25.2 Å². The van der Waals surface area contributed by atoms with Crippen LogP contribution in [0.5, 0.6) is 11.5 Å². The van der Waals surface area contributed by atoms with Crippen molar-refractivity contribution in [3.63, 3.8) is 0 Å². The molecule has 1 amide bonds. The summed E-state index contributed by atoms with van der Waals surface area (Å²) in [5, 5.41) is 4.02. The summed E-state index contributed by atoms with van der Waals surface area (Å²) in [5.41, 5.74) is 0.794. The maximum atomic E-state index is 12.0. The number of fused-ring (bicyclic) bond motifs is 1. The quantitative estimate of drug-likeness (QED) is 0.874. The van der Waals surface area contributed by atoms with E-state index in [9.17, 15) is 4.79 Å². The summed E-state index contributed by atoms with van der Waals surface area (Å²) in [4.78, 5) is 12.0. The topological polar surface area (TPSA) is 47.6 Å². The van der Waals surface area contributed by atoms with Crippen molar-refractivity contribution in [3.05, 3.63) is 58.1 Å². The molecule has 2 aromatic rings. The van der Waals surface area contributed by atoms with E-state index in [-0.39, 0.29) is 12.0 Å². The number of amides is 1. The molecule has 0 radical (unpaired) electrons. The molecule has 6 heteroatoms. The van der Waals surface area contributed by atoms with Gasteiger partial charge in [-0.1, -0.05) is 41.4 Å². The Morgan fingerprint density at radius 3 is 2.54 bits per heavy atom. The van der Waals surface area contributed by atoms with Crippen LogP contribution >= 0.6 is 23.2 Å². The second-order valence-electron chi connectivity index (χ2n) is 5.50. The lowest BCUT2D eigenvalue weighted by Crippen LogP contribution is -2.40. The highest BCUT2D eigenvalue weighted by atomic mass is 35.5. The number of carbonyl (C=O) groups is 1. The first-order chi connectivity index (χ1) is 11.6. The lowest BCUT2D eigenvalue weighted by molar-refractivity contribution is -0.121. The van der Waals surface area contributed by atoms with Gasteiger partial charge in [-0.25, -0.2) is 0 Å². The molecule has 0 saturated heterocycles. The van der Waals surface area contributed by atoms with Gasteiger partial charge in [0.1, 0.15) is 12.7 Å². The SMILES string of the molecule is O=C(CCc1c(Cl)cccc1Cl)NCC1COc2ccccc2O1. The van der Waals surface area contributed by atoms with Crippen molar-refractivity contribution in [2.45, 2.75) is 18.9 Å². The molecule has 2 aromatic carbocycles. The van der Waals surface area contributed by atoms with Gasteiger partial charge in [-0.15, -0.1) is 0 Å². The van der Waals surface area contributed by atoms with Crippen LogP contribution in [0.1, 0.15) is 12.0 Å². The molecule has 24 heavy (non-hydrogen) atoms. The average Bonchev–Trinajstić information content (AvgIpc) is 2.59. The number of nitrogens with one attached hydrogen (secondary N) is 1. The first-order valence-electron chi connectivity index (χ1n) is 7.71. The van der Waals surface area contributed by atoms with Gasteiger partial charge in [0.15, 0.2) is 11.5 Å².